The van der Waals surface area contributed by atoms with Gasteiger partial charge in [-0.15, -0.1) is 0 Å². The van der Waals surface area contributed by atoms with Crippen LogP contribution in [0.5, 0.6) is 0 Å². The van der Waals surface area contributed by atoms with Crippen LogP contribution >= 0.6 is 11.8 Å². The van der Waals surface area contributed by atoms with Crippen LogP contribution in [-0.4, -0.2) is 31.6 Å². The van der Waals surface area contributed by atoms with Crippen molar-refractivity contribution >= 4 is 23.4 Å². The summed E-state index contributed by atoms with van der Waals surface area (Å²) in [6.45, 7) is 0. The minimum absolute atomic E-state index is 0.0769. The Morgan fingerprint density at radius 2 is 1.74 bits per heavy atom. The zero-order chi connectivity index (χ0) is 18.5. The Morgan fingerprint density at radius 3 is 2.48 bits per heavy atom. The van der Waals surface area contributed by atoms with Crippen LogP contribution < -0.4 is 5.32 Å². The standard InChI is InChI=1S/C20H17N5OS/c26-19(24-16-8-6-15(7-9-16)17-10-21-13-23-17)12-27-20-22-11-18(25-20)14-4-2-1-3-5-14/h1-11,13H,12H2,(H,21,23)(H,22,25)(H,24,26). The highest BCUT2D eigenvalue weighted by atomic mass is 32.2. The maximum Gasteiger partial charge on any atom is 0.234 e. The van der Waals surface area contributed by atoms with Gasteiger partial charge in [-0.25, -0.2) is 9.97 Å². The Hall–Kier alpha value is -3.32. The summed E-state index contributed by atoms with van der Waals surface area (Å²) in [6, 6.07) is 17.6. The van der Waals surface area contributed by atoms with Crippen molar-refractivity contribution in [3.63, 3.8) is 0 Å². The highest BCUT2D eigenvalue weighted by Crippen LogP contribution is 2.22. The van der Waals surface area contributed by atoms with Crippen LogP contribution in [0.3, 0.4) is 0 Å². The average Bonchev–Trinajstić information content (AvgIpc) is 3.40. The molecular weight excluding hydrogens is 358 g/mol. The molecule has 0 saturated heterocycles. The molecule has 0 fully saturated rings. The average molecular weight is 375 g/mol. The zero-order valence-corrected chi connectivity index (χ0v) is 15.2. The molecule has 0 saturated carbocycles. The van der Waals surface area contributed by atoms with Crippen molar-refractivity contribution in [1.82, 2.24) is 19.9 Å². The molecule has 2 aromatic carbocycles. The van der Waals surface area contributed by atoms with Crippen molar-refractivity contribution in [1.29, 1.82) is 0 Å². The molecule has 4 rings (SSSR count). The first-order chi connectivity index (χ1) is 13.3. The highest BCUT2D eigenvalue weighted by molar-refractivity contribution is 7.99. The third kappa shape index (κ3) is 4.27. The molecule has 0 spiro atoms. The van der Waals surface area contributed by atoms with E-state index in [1.165, 1.54) is 11.8 Å². The molecule has 0 atom stereocenters. The minimum atomic E-state index is -0.0769. The normalized spacial score (nSPS) is 10.7. The SMILES string of the molecule is O=C(CSc1ncc(-c2ccccc2)[nH]1)Nc1ccc(-c2cnc[nH]2)cc1. The number of hydrogen-bond donors (Lipinski definition) is 3. The monoisotopic (exact) mass is 375 g/mol. The fraction of sp³-hybridized carbons (Fsp3) is 0.0500. The number of rotatable bonds is 6. The first-order valence-corrected chi connectivity index (χ1v) is 9.38. The predicted molar refractivity (Wildman–Crippen MR) is 107 cm³/mol. The van der Waals surface area contributed by atoms with Gasteiger partial charge in [-0.1, -0.05) is 54.2 Å². The second-order valence-electron chi connectivity index (χ2n) is 5.85. The third-order valence-electron chi connectivity index (χ3n) is 3.96. The summed E-state index contributed by atoms with van der Waals surface area (Å²) < 4.78 is 0. The first-order valence-electron chi connectivity index (χ1n) is 8.40. The number of hydrogen-bond acceptors (Lipinski definition) is 4. The molecule has 7 heteroatoms. The van der Waals surface area contributed by atoms with Crippen molar-refractivity contribution in [2.24, 2.45) is 0 Å². The summed E-state index contributed by atoms with van der Waals surface area (Å²) in [4.78, 5) is 26.8. The molecule has 0 aliphatic carbocycles. The zero-order valence-electron chi connectivity index (χ0n) is 14.3. The van der Waals surface area contributed by atoms with E-state index in [9.17, 15) is 4.79 Å². The number of carbonyl (C=O) groups is 1. The number of nitrogens with zero attached hydrogens (tertiary/aromatic N) is 2. The number of nitrogens with one attached hydrogen (secondary N) is 3. The molecule has 1 amide bonds. The lowest BCUT2D eigenvalue weighted by Crippen LogP contribution is -2.14. The second-order valence-corrected chi connectivity index (χ2v) is 6.81. The number of imidazole rings is 2. The number of amides is 1. The summed E-state index contributed by atoms with van der Waals surface area (Å²) in [7, 11) is 0. The Balaban J connectivity index is 1.32. The van der Waals surface area contributed by atoms with Gasteiger partial charge in [0.2, 0.25) is 5.91 Å². The fourth-order valence-electron chi connectivity index (χ4n) is 2.62. The van der Waals surface area contributed by atoms with Crippen LogP contribution in [0.4, 0.5) is 5.69 Å². The van der Waals surface area contributed by atoms with Crippen LogP contribution in [0.25, 0.3) is 22.5 Å². The van der Waals surface area contributed by atoms with E-state index in [2.05, 4.69) is 25.3 Å². The predicted octanol–water partition coefficient (Wildman–Crippen LogP) is 4.20. The van der Waals surface area contributed by atoms with Gasteiger partial charge < -0.3 is 15.3 Å². The van der Waals surface area contributed by atoms with Gasteiger partial charge in [0.05, 0.1) is 35.9 Å². The van der Waals surface area contributed by atoms with Crippen LogP contribution in [0, 0.1) is 0 Å². The largest absolute Gasteiger partial charge is 0.345 e. The summed E-state index contributed by atoms with van der Waals surface area (Å²) in [6.07, 6.45) is 5.18. The highest BCUT2D eigenvalue weighted by Gasteiger charge is 2.08. The molecule has 0 aliphatic rings. The molecule has 0 radical (unpaired) electrons. The van der Waals surface area contributed by atoms with Crippen LogP contribution in [0.15, 0.2) is 78.5 Å². The van der Waals surface area contributed by atoms with Gasteiger partial charge in [0.25, 0.3) is 0 Å². The topological polar surface area (TPSA) is 86.5 Å². The molecular formula is C20H17N5OS. The van der Waals surface area contributed by atoms with E-state index in [1.54, 1.807) is 18.7 Å². The number of benzene rings is 2. The number of H-pyrrole nitrogens is 2. The third-order valence-corrected chi connectivity index (χ3v) is 4.84. The van der Waals surface area contributed by atoms with E-state index in [0.717, 1.165) is 33.4 Å². The minimum Gasteiger partial charge on any atom is -0.345 e. The van der Waals surface area contributed by atoms with Gasteiger partial charge >= 0.3 is 0 Å². The molecule has 134 valence electrons. The smallest absolute Gasteiger partial charge is 0.234 e. The number of anilines is 1. The van der Waals surface area contributed by atoms with Gasteiger partial charge in [0, 0.05) is 5.69 Å². The molecule has 2 aromatic heterocycles. The molecule has 0 unspecified atom stereocenters. The Labute approximate surface area is 160 Å². The number of aromatic amines is 2. The van der Waals surface area contributed by atoms with Crippen LogP contribution in [0.1, 0.15) is 0 Å². The van der Waals surface area contributed by atoms with Gasteiger partial charge in [0.15, 0.2) is 5.16 Å². The van der Waals surface area contributed by atoms with E-state index < -0.39 is 0 Å². The molecule has 6 nitrogen and oxygen atoms in total. The summed E-state index contributed by atoms with van der Waals surface area (Å²) in [5, 5.41) is 3.62. The summed E-state index contributed by atoms with van der Waals surface area (Å²) in [5.41, 5.74) is 4.72. The molecule has 0 bridgehead atoms. The maximum absolute atomic E-state index is 12.2. The lowest BCUT2D eigenvalue weighted by atomic mass is 10.1. The van der Waals surface area contributed by atoms with Gasteiger partial charge in [-0.3, -0.25) is 4.79 Å². The molecule has 4 aromatic rings. The van der Waals surface area contributed by atoms with Crippen LogP contribution in [0.2, 0.25) is 0 Å². The fourth-order valence-corrected chi connectivity index (χ4v) is 3.27. The quantitative estimate of drug-likeness (QED) is 0.441. The molecule has 0 aliphatic heterocycles. The Morgan fingerprint density at radius 1 is 0.963 bits per heavy atom. The molecule has 27 heavy (non-hydrogen) atoms. The van der Waals surface area contributed by atoms with E-state index in [-0.39, 0.29) is 11.7 Å². The second kappa shape index (κ2) is 7.92. The Kier molecular flexibility index (Phi) is 5.02. The molecule has 3 N–H and O–H groups in total. The van der Waals surface area contributed by atoms with Crippen molar-refractivity contribution in [3.8, 4) is 22.5 Å². The molecule has 2 heterocycles. The van der Waals surface area contributed by atoms with Crippen molar-refractivity contribution < 1.29 is 4.79 Å². The number of thioether (sulfide) groups is 1. The van der Waals surface area contributed by atoms with Gasteiger partial charge in [-0.2, -0.15) is 0 Å². The summed E-state index contributed by atoms with van der Waals surface area (Å²) in [5.74, 6) is 0.205. The van der Waals surface area contributed by atoms with E-state index in [0.29, 0.717) is 0 Å². The number of aromatic nitrogens is 4. The lowest BCUT2D eigenvalue weighted by Gasteiger charge is -2.05. The van der Waals surface area contributed by atoms with E-state index in [4.69, 9.17) is 0 Å². The van der Waals surface area contributed by atoms with Gasteiger partial charge in [-0.05, 0) is 23.3 Å². The van der Waals surface area contributed by atoms with E-state index >= 15 is 0 Å². The summed E-state index contributed by atoms with van der Waals surface area (Å²) >= 11 is 1.37. The van der Waals surface area contributed by atoms with Crippen molar-refractivity contribution in [2.75, 3.05) is 11.1 Å². The Bertz CT molecular complexity index is 1010. The van der Waals surface area contributed by atoms with Gasteiger partial charge in [0.1, 0.15) is 0 Å². The lowest BCUT2D eigenvalue weighted by molar-refractivity contribution is -0.113. The van der Waals surface area contributed by atoms with Crippen molar-refractivity contribution in [3.05, 3.63) is 73.3 Å². The number of carbonyl (C=O) groups excluding carboxylic acids is 1. The van der Waals surface area contributed by atoms with E-state index in [1.807, 2.05) is 54.6 Å². The van der Waals surface area contributed by atoms with Crippen molar-refractivity contribution in [2.45, 2.75) is 5.16 Å². The maximum atomic E-state index is 12.2. The van der Waals surface area contributed by atoms with Crippen LogP contribution in [-0.2, 0) is 4.79 Å². The first kappa shape index (κ1) is 17.1.